The monoisotopic (exact) mass is 291 g/mol. The van der Waals surface area contributed by atoms with Crippen molar-refractivity contribution < 1.29 is 20.1 Å². The van der Waals surface area contributed by atoms with Crippen LogP contribution in [-0.4, -0.2) is 59.9 Å². The third-order valence-electron chi connectivity index (χ3n) is 3.41. The summed E-state index contributed by atoms with van der Waals surface area (Å²) in [5, 5.41) is 30.9. The second-order valence-corrected chi connectivity index (χ2v) is 5.75. The summed E-state index contributed by atoms with van der Waals surface area (Å²) in [6.07, 6.45) is 6.72. The van der Waals surface area contributed by atoms with E-state index in [9.17, 15) is 5.11 Å². The first-order valence-corrected chi connectivity index (χ1v) is 7.80. The molecule has 0 aromatic rings. The minimum absolute atomic E-state index is 0.172. The Morgan fingerprint density at radius 2 is 1.65 bits per heavy atom. The molecular weight excluding hydrogens is 258 g/mol. The van der Waals surface area contributed by atoms with Gasteiger partial charge >= 0.3 is 0 Å². The highest BCUT2D eigenvalue weighted by Gasteiger charge is 2.22. The van der Waals surface area contributed by atoms with Crippen LogP contribution in [0, 0.1) is 0 Å². The zero-order chi connectivity index (χ0) is 15.3. The molecule has 20 heavy (non-hydrogen) atoms. The van der Waals surface area contributed by atoms with Crippen molar-refractivity contribution in [2.75, 3.05) is 33.0 Å². The van der Waals surface area contributed by atoms with Crippen molar-refractivity contribution in [3.63, 3.8) is 0 Å². The lowest BCUT2D eigenvalue weighted by Crippen LogP contribution is -2.52. The van der Waals surface area contributed by atoms with Gasteiger partial charge in [0.25, 0.3) is 0 Å². The highest BCUT2D eigenvalue weighted by molar-refractivity contribution is 4.82. The van der Waals surface area contributed by atoms with Crippen LogP contribution in [0.15, 0.2) is 0 Å². The number of nitrogens with one attached hydrogen (secondary N) is 1. The maximum absolute atomic E-state index is 9.73. The van der Waals surface area contributed by atoms with Gasteiger partial charge in [0.15, 0.2) is 0 Å². The molecule has 0 amide bonds. The Morgan fingerprint density at radius 1 is 1.05 bits per heavy atom. The average molecular weight is 291 g/mol. The number of hydrogen-bond donors (Lipinski definition) is 4. The molecule has 0 rings (SSSR count). The van der Waals surface area contributed by atoms with Gasteiger partial charge in [-0.25, -0.2) is 0 Å². The molecule has 0 saturated heterocycles. The van der Waals surface area contributed by atoms with E-state index >= 15 is 0 Å². The van der Waals surface area contributed by atoms with Crippen LogP contribution in [0.1, 0.15) is 52.4 Å². The van der Waals surface area contributed by atoms with Crippen LogP contribution in [0.25, 0.3) is 0 Å². The van der Waals surface area contributed by atoms with Gasteiger partial charge in [-0.15, -0.1) is 0 Å². The summed E-state index contributed by atoms with van der Waals surface area (Å²) in [5.74, 6) is 0. The first kappa shape index (κ1) is 19.8. The predicted octanol–water partition coefficient (Wildman–Crippen LogP) is 1.06. The summed E-state index contributed by atoms with van der Waals surface area (Å²) in [6, 6.07) is 0. The van der Waals surface area contributed by atoms with E-state index in [4.69, 9.17) is 14.9 Å². The zero-order valence-electron chi connectivity index (χ0n) is 13.1. The van der Waals surface area contributed by atoms with Crippen molar-refractivity contribution in [2.45, 2.75) is 64.0 Å². The summed E-state index contributed by atoms with van der Waals surface area (Å²) >= 11 is 0. The molecular formula is C15H33NO4. The molecule has 0 aliphatic heterocycles. The van der Waals surface area contributed by atoms with E-state index in [-0.39, 0.29) is 19.8 Å². The number of unbranched alkanes of at least 4 members (excludes halogenated alkanes) is 5. The Bertz CT molecular complexity index is 210. The van der Waals surface area contributed by atoms with E-state index < -0.39 is 11.6 Å². The molecule has 0 saturated carbocycles. The fourth-order valence-corrected chi connectivity index (χ4v) is 1.79. The molecule has 0 aliphatic carbocycles. The average Bonchev–Trinajstić information content (AvgIpc) is 2.47. The maximum Gasteiger partial charge on any atom is 0.0897 e. The number of ether oxygens (including phenoxy) is 1. The van der Waals surface area contributed by atoms with Crippen LogP contribution in [0.4, 0.5) is 0 Å². The van der Waals surface area contributed by atoms with Gasteiger partial charge in [0.2, 0.25) is 0 Å². The molecule has 1 unspecified atom stereocenters. The van der Waals surface area contributed by atoms with Gasteiger partial charge in [0.1, 0.15) is 0 Å². The summed E-state index contributed by atoms with van der Waals surface area (Å²) in [5.41, 5.74) is -0.750. The molecule has 0 aromatic carbocycles. The van der Waals surface area contributed by atoms with Crippen molar-refractivity contribution in [2.24, 2.45) is 0 Å². The van der Waals surface area contributed by atoms with Gasteiger partial charge < -0.3 is 25.4 Å². The lowest BCUT2D eigenvalue weighted by Gasteiger charge is -2.27. The summed E-state index contributed by atoms with van der Waals surface area (Å²) in [6.45, 7) is 4.83. The van der Waals surface area contributed by atoms with E-state index in [1.54, 1.807) is 6.92 Å². The Balaban J connectivity index is 3.43. The van der Waals surface area contributed by atoms with Crippen LogP contribution < -0.4 is 5.32 Å². The van der Waals surface area contributed by atoms with Gasteiger partial charge in [-0.05, 0) is 13.3 Å². The second kappa shape index (κ2) is 12.5. The molecule has 0 aliphatic rings. The van der Waals surface area contributed by atoms with Gasteiger partial charge in [-0.1, -0.05) is 39.0 Å². The van der Waals surface area contributed by atoms with Crippen LogP contribution in [0.3, 0.4) is 0 Å². The predicted molar refractivity (Wildman–Crippen MR) is 80.8 cm³/mol. The molecule has 0 aromatic heterocycles. The van der Waals surface area contributed by atoms with E-state index in [0.717, 1.165) is 6.42 Å². The maximum atomic E-state index is 9.73. The van der Waals surface area contributed by atoms with E-state index in [0.29, 0.717) is 13.2 Å². The second-order valence-electron chi connectivity index (χ2n) is 5.75. The summed E-state index contributed by atoms with van der Waals surface area (Å²) < 4.78 is 5.42. The Hall–Kier alpha value is -0.200. The highest BCUT2D eigenvalue weighted by Crippen LogP contribution is 2.05. The molecule has 122 valence electrons. The highest BCUT2D eigenvalue weighted by atomic mass is 16.5. The minimum atomic E-state index is -0.750. The fourth-order valence-electron chi connectivity index (χ4n) is 1.79. The Morgan fingerprint density at radius 3 is 2.25 bits per heavy atom. The topological polar surface area (TPSA) is 82.0 Å². The number of rotatable bonds is 14. The molecule has 5 heteroatoms. The fraction of sp³-hybridized carbons (Fsp3) is 1.00. The van der Waals surface area contributed by atoms with Crippen molar-refractivity contribution in [3.05, 3.63) is 0 Å². The van der Waals surface area contributed by atoms with Crippen LogP contribution in [-0.2, 0) is 4.74 Å². The lowest BCUT2D eigenvalue weighted by molar-refractivity contribution is 0.0236. The zero-order valence-corrected chi connectivity index (χ0v) is 13.1. The SMILES string of the molecule is CCCCCCCCOCC(O)CNC(C)(CO)CO. The van der Waals surface area contributed by atoms with E-state index in [1.807, 2.05) is 0 Å². The quantitative estimate of drug-likeness (QED) is 0.360. The third-order valence-corrected chi connectivity index (χ3v) is 3.41. The first-order valence-electron chi connectivity index (χ1n) is 7.80. The summed E-state index contributed by atoms with van der Waals surface area (Å²) in [7, 11) is 0. The van der Waals surface area contributed by atoms with Crippen molar-refractivity contribution in [3.8, 4) is 0 Å². The van der Waals surface area contributed by atoms with Crippen LogP contribution in [0.5, 0.6) is 0 Å². The number of β-amino-alcohol motifs (C(OH)–C–C–N with tert-alkyl or cyclic N) is 1. The van der Waals surface area contributed by atoms with Crippen molar-refractivity contribution in [1.82, 2.24) is 5.32 Å². The molecule has 0 radical (unpaired) electrons. The van der Waals surface area contributed by atoms with E-state index in [1.165, 1.54) is 32.1 Å². The van der Waals surface area contributed by atoms with Crippen LogP contribution in [0.2, 0.25) is 0 Å². The standard InChI is InChI=1S/C15H33NO4/c1-3-4-5-6-7-8-9-20-11-14(19)10-16-15(2,12-17)13-18/h14,16-19H,3-13H2,1-2H3. The molecule has 4 N–H and O–H groups in total. The van der Waals surface area contributed by atoms with Crippen molar-refractivity contribution >= 4 is 0 Å². The smallest absolute Gasteiger partial charge is 0.0897 e. The summed E-state index contributed by atoms with van der Waals surface area (Å²) in [4.78, 5) is 0. The van der Waals surface area contributed by atoms with E-state index in [2.05, 4.69) is 12.2 Å². The minimum Gasteiger partial charge on any atom is -0.394 e. The largest absolute Gasteiger partial charge is 0.394 e. The van der Waals surface area contributed by atoms with Gasteiger partial charge in [-0.3, -0.25) is 0 Å². The van der Waals surface area contributed by atoms with Gasteiger partial charge in [0, 0.05) is 13.2 Å². The Kier molecular flexibility index (Phi) is 12.4. The molecule has 0 spiro atoms. The van der Waals surface area contributed by atoms with Gasteiger partial charge in [-0.2, -0.15) is 0 Å². The molecule has 0 fully saturated rings. The van der Waals surface area contributed by atoms with Crippen LogP contribution >= 0.6 is 0 Å². The molecule has 5 nitrogen and oxygen atoms in total. The molecule has 1 atom stereocenters. The number of hydrogen-bond acceptors (Lipinski definition) is 5. The third kappa shape index (κ3) is 10.6. The normalized spacial score (nSPS) is 13.7. The number of aliphatic hydroxyl groups excluding tert-OH is 3. The first-order chi connectivity index (χ1) is 9.58. The Labute approximate surface area is 123 Å². The molecule has 0 bridgehead atoms. The van der Waals surface area contributed by atoms with Crippen molar-refractivity contribution in [1.29, 1.82) is 0 Å². The molecule has 0 heterocycles. The van der Waals surface area contributed by atoms with Gasteiger partial charge in [0.05, 0.1) is 31.5 Å². The number of aliphatic hydroxyl groups is 3. The lowest BCUT2D eigenvalue weighted by atomic mass is 10.1.